The molecule has 1 fully saturated rings. The standard InChI is InChI=1S/C82H159N2O15P/c1-7-13-19-25-31-37-40-46-52-58-70(94-63-55-49-43-34-28-22-16-10-4)66-76(86)83-73(82(89)90)61-62-74-79(84-77(87)67-71(59-53-47-41-38-32-26-20-14-8-2)95-64-56-50-44-35-29-23-17-11-5)81(80(75(69-85)97-74)99-100(91,92)93)98-78(88)68-72(60-54-48-42-39-33-27-21-15-9-3)96-65-57-51-45-36-30-24-18-12-6/h70-75,79-81,85H,7-69H2,1-6H3,(H,83,86)(H,84,87)(H,89,90)(H2,91,92,93)/t70-,71-,72-,73+,74?,75?,79?,80?,81?/m1/s1. The minimum atomic E-state index is -5.40. The van der Waals surface area contributed by atoms with E-state index in [1.54, 1.807) is 0 Å². The van der Waals surface area contributed by atoms with Crippen molar-refractivity contribution in [2.75, 3.05) is 26.4 Å². The molecule has 0 aromatic heterocycles. The van der Waals surface area contributed by atoms with Crippen LogP contribution in [0.4, 0.5) is 0 Å². The van der Waals surface area contributed by atoms with Gasteiger partial charge in [-0.1, -0.05) is 350 Å². The zero-order chi connectivity index (χ0) is 73.2. The quantitative estimate of drug-likeness (QED) is 0.0188. The number of carbonyl (C=O) groups excluding carboxylic acids is 3. The van der Waals surface area contributed by atoms with Crippen molar-refractivity contribution in [2.45, 2.75) is 475 Å². The number of hydrogen-bond acceptors (Lipinski definition) is 12. The maximum atomic E-state index is 14.9. The van der Waals surface area contributed by atoms with Gasteiger partial charge >= 0.3 is 19.8 Å². The van der Waals surface area contributed by atoms with Crippen LogP contribution in [0.1, 0.15) is 420 Å². The lowest BCUT2D eigenvalue weighted by Crippen LogP contribution is -2.66. The van der Waals surface area contributed by atoms with Crippen LogP contribution in [0.25, 0.3) is 0 Å². The Morgan fingerprint density at radius 1 is 0.390 bits per heavy atom. The lowest BCUT2D eigenvalue weighted by atomic mass is 9.89. The first kappa shape index (κ1) is 95.8. The van der Waals surface area contributed by atoms with Crippen molar-refractivity contribution in [3.63, 3.8) is 0 Å². The summed E-state index contributed by atoms with van der Waals surface area (Å²) in [5, 5.41) is 27.7. The highest BCUT2D eigenvalue weighted by Gasteiger charge is 2.51. The van der Waals surface area contributed by atoms with E-state index >= 15 is 0 Å². The molecular formula is C82H159N2O15P. The number of carboxylic acid groups (broad SMARTS) is 1. The van der Waals surface area contributed by atoms with Crippen molar-refractivity contribution in [3.05, 3.63) is 0 Å². The molecule has 9 atom stereocenters. The average molecular weight is 1440 g/mol. The molecular weight excluding hydrogens is 1280 g/mol. The average Bonchev–Trinajstić information content (AvgIpc) is 0.781. The van der Waals surface area contributed by atoms with Gasteiger partial charge in [-0.15, -0.1) is 0 Å². The summed E-state index contributed by atoms with van der Waals surface area (Å²) in [6.45, 7) is 13.9. The molecule has 5 unspecified atom stereocenters. The van der Waals surface area contributed by atoms with Crippen molar-refractivity contribution in [1.29, 1.82) is 0 Å². The van der Waals surface area contributed by atoms with Crippen LogP contribution >= 0.6 is 7.82 Å². The summed E-state index contributed by atoms with van der Waals surface area (Å²) in [5.41, 5.74) is 0. The third-order valence-electron chi connectivity index (χ3n) is 20.4. The van der Waals surface area contributed by atoms with Crippen LogP contribution in [0.15, 0.2) is 0 Å². The second-order valence-corrected chi connectivity index (χ2v) is 31.1. The van der Waals surface area contributed by atoms with Gasteiger partial charge in [-0.05, 0) is 51.4 Å². The van der Waals surface area contributed by atoms with Gasteiger partial charge in [0.2, 0.25) is 11.8 Å². The SMILES string of the molecule is CCCCCCCCCCC[C@H](CC(=O)NC1C(CC[C@H](NC(=O)C[C@@H](CCCCCCCCCCC)OCCCCCCCCCC)C(=O)O)OC(CO)C(OP(=O)(O)O)C1OC(=O)C[C@@H](CCCCCCCCCCC)OCCCCCCCCCC)OCCCCCCCCCC. The number of carboxylic acids is 1. The molecule has 0 aromatic carbocycles. The number of phosphoric acid groups is 1. The first-order valence-corrected chi connectivity index (χ1v) is 44.0. The highest BCUT2D eigenvalue weighted by Crippen LogP contribution is 2.43. The fraction of sp³-hybridized carbons (Fsp3) is 0.951. The van der Waals surface area contributed by atoms with Crippen LogP contribution in [0.2, 0.25) is 0 Å². The monoisotopic (exact) mass is 1440 g/mol. The number of carbonyl (C=O) groups is 4. The third-order valence-corrected chi connectivity index (χ3v) is 20.9. The number of nitrogens with one attached hydrogen (secondary N) is 2. The fourth-order valence-corrected chi connectivity index (χ4v) is 14.7. The van der Waals surface area contributed by atoms with E-state index in [1.807, 2.05) is 0 Å². The maximum absolute atomic E-state index is 14.9. The Bertz CT molecular complexity index is 1850. The van der Waals surface area contributed by atoms with E-state index in [2.05, 4.69) is 52.2 Å². The second-order valence-electron chi connectivity index (χ2n) is 29.9. The van der Waals surface area contributed by atoms with E-state index < -0.39 is 93.0 Å². The van der Waals surface area contributed by atoms with E-state index in [0.717, 1.165) is 135 Å². The van der Waals surface area contributed by atoms with E-state index in [9.17, 15) is 43.7 Å². The van der Waals surface area contributed by atoms with Gasteiger partial charge in [-0.25, -0.2) is 9.36 Å². The van der Waals surface area contributed by atoms with Gasteiger partial charge in [-0.3, -0.25) is 18.9 Å². The van der Waals surface area contributed by atoms with E-state index in [-0.39, 0.29) is 32.1 Å². The normalized spacial score (nSPS) is 17.7. The zero-order valence-electron chi connectivity index (χ0n) is 65.5. The molecule has 100 heavy (non-hydrogen) atoms. The molecule has 17 nitrogen and oxygen atoms in total. The number of amides is 2. The van der Waals surface area contributed by atoms with Gasteiger partial charge in [0.25, 0.3) is 0 Å². The van der Waals surface area contributed by atoms with Crippen LogP contribution in [0.5, 0.6) is 0 Å². The molecule has 0 radical (unpaired) electrons. The van der Waals surface area contributed by atoms with Gasteiger partial charge in [0.05, 0.1) is 56.3 Å². The Balaban J connectivity index is 3.73. The van der Waals surface area contributed by atoms with Crippen molar-refractivity contribution >= 4 is 31.6 Å². The number of phosphoric ester groups is 1. The number of rotatable bonds is 76. The summed E-state index contributed by atoms with van der Waals surface area (Å²) in [7, 11) is -5.40. The predicted octanol–water partition coefficient (Wildman–Crippen LogP) is 21.5. The minimum Gasteiger partial charge on any atom is -0.480 e. The molecule has 6 N–H and O–H groups in total. The molecule has 0 bridgehead atoms. The van der Waals surface area contributed by atoms with Gasteiger partial charge < -0.3 is 54.3 Å². The number of esters is 1. The van der Waals surface area contributed by atoms with Crippen LogP contribution in [0.3, 0.4) is 0 Å². The molecule has 0 aliphatic carbocycles. The predicted molar refractivity (Wildman–Crippen MR) is 410 cm³/mol. The van der Waals surface area contributed by atoms with Crippen molar-refractivity contribution in [1.82, 2.24) is 10.6 Å². The van der Waals surface area contributed by atoms with Crippen LogP contribution in [0, 0.1) is 0 Å². The molecule has 592 valence electrons. The van der Waals surface area contributed by atoms with E-state index in [1.165, 1.54) is 193 Å². The van der Waals surface area contributed by atoms with Gasteiger partial charge in [-0.2, -0.15) is 0 Å². The van der Waals surface area contributed by atoms with Gasteiger partial charge in [0, 0.05) is 19.8 Å². The highest BCUT2D eigenvalue weighted by atomic mass is 31.2. The molecule has 2 amide bonds. The van der Waals surface area contributed by atoms with E-state index in [0.29, 0.717) is 39.1 Å². The summed E-state index contributed by atoms with van der Waals surface area (Å²) >= 11 is 0. The van der Waals surface area contributed by atoms with Crippen LogP contribution < -0.4 is 10.6 Å². The number of aliphatic hydroxyl groups is 1. The van der Waals surface area contributed by atoms with Gasteiger partial charge in [0.15, 0.2) is 6.10 Å². The minimum absolute atomic E-state index is 0.0211. The van der Waals surface area contributed by atoms with Gasteiger partial charge in [0.1, 0.15) is 18.2 Å². The largest absolute Gasteiger partial charge is 0.480 e. The van der Waals surface area contributed by atoms with Crippen LogP contribution in [-0.2, 0) is 52.0 Å². The molecule has 1 saturated heterocycles. The molecule has 0 aromatic rings. The lowest BCUT2D eigenvalue weighted by molar-refractivity contribution is -0.210. The maximum Gasteiger partial charge on any atom is 0.470 e. The Kier molecular flexibility index (Phi) is 65.7. The summed E-state index contributed by atoms with van der Waals surface area (Å²) in [6.07, 6.45) is 51.7. The Labute approximate surface area is 612 Å². The smallest absolute Gasteiger partial charge is 0.470 e. The molecule has 1 aliphatic rings. The molecule has 1 heterocycles. The number of unbranched alkanes of at least 4 members (excludes halogenated alkanes) is 45. The lowest BCUT2D eigenvalue weighted by Gasteiger charge is -2.46. The summed E-state index contributed by atoms with van der Waals surface area (Å²) in [6, 6.07) is -2.78. The first-order chi connectivity index (χ1) is 48.7. The number of ether oxygens (including phenoxy) is 5. The fourth-order valence-electron chi connectivity index (χ4n) is 14.1. The second kappa shape index (κ2) is 68.6. The Morgan fingerprint density at radius 2 is 0.690 bits per heavy atom. The van der Waals surface area contributed by atoms with Crippen molar-refractivity contribution < 1.29 is 72.0 Å². The number of aliphatic carboxylic acids is 1. The Morgan fingerprint density at radius 3 is 1.00 bits per heavy atom. The first-order valence-electron chi connectivity index (χ1n) is 42.5. The number of hydrogen-bond donors (Lipinski definition) is 6. The molecule has 1 aliphatic heterocycles. The third kappa shape index (κ3) is 56.2. The van der Waals surface area contributed by atoms with Crippen LogP contribution in [-0.4, -0.2) is 125 Å². The van der Waals surface area contributed by atoms with Crippen molar-refractivity contribution in [3.8, 4) is 0 Å². The Hall–Kier alpha value is -2.21. The zero-order valence-corrected chi connectivity index (χ0v) is 66.4. The highest BCUT2D eigenvalue weighted by molar-refractivity contribution is 7.46. The van der Waals surface area contributed by atoms with Crippen molar-refractivity contribution in [2.24, 2.45) is 0 Å². The summed E-state index contributed by atoms with van der Waals surface area (Å²) in [4.78, 5) is 78.0. The molecule has 18 heteroatoms. The molecule has 0 spiro atoms. The van der Waals surface area contributed by atoms with E-state index in [4.69, 9.17) is 28.2 Å². The molecule has 0 saturated carbocycles. The summed E-state index contributed by atoms with van der Waals surface area (Å²) in [5.74, 6) is -2.99. The summed E-state index contributed by atoms with van der Waals surface area (Å²) < 4.78 is 50.8. The topological polar surface area (TPSA) is 246 Å². The number of aliphatic hydroxyl groups excluding tert-OH is 1. The molecule has 1 rings (SSSR count).